The van der Waals surface area contributed by atoms with Gasteiger partial charge in [-0.15, -0.1) is 11.3 Å². The molecule has 0 unspecified atom stereocenters. The summed E-state index contributed by atoms with van der Waals surface area (Å²) in [4.78, 5) is 19.2. The van der Waals surface area contributed by atoms with Crippen molar-refractivity contribution < 1.29 is 4.79 Å². The van der Waals surface area contributed by atoms with E-state index >= 15 is 0 Å². The van der Waals surface area contributed by atoms with Crippen LogP contribution in [0.15, 0.2) is 58.4 Å². The fraction of sp³-hybridized carbons (Fsp3) is 0.130. The third kappa shape index (κ3) is 3.60. The van der Waals surface area contributed by atoms with Crippen molar-refractivity contribution in [3.8, 4) is 10.6 Å². The van der Waals surface area contributed by atoms with Crippen LogP contribution in [-0.4, -0.2) is 10.9 Å². The number of benzene rings is 2. The third-order valence-electron chi connectivity index (χ3n) is 4.72. The monoisotopic (exact) mass is 450 g/mol. The predicted molar refractivity (Wildman–Crippen MR) is 121 cm³/mol. The first kappa shape index (κ1) is 18.8. The molecule has 0 saturated heterocycles. The largest absolute Gasteiger partial charge is 0.322 e. The van der Waals surface area contributed by atoms with Gasteiger partial charge in [0.15, 0.2) is 0 Å². The Bertz CT molecular complexity index is 1200. The van der Waals surface area contributed by atoms with Crippen molar-refractivity contribution >= 4 is 49.8 Å². The highest BCUT2D eigenvalue weighted by Crippen LogP contribution is 2.32. The molecule has 0 bridgehead atoms. The number of carbonyl (C=O) groups excluding carboxylic acids is 1. The topological polar surface area (TPSA) is 42.0 Å². The van der Waals surface area contributed by atoms with Crippen molar-refractivity contribution in [1.29, 1.82) is 0 Å². The molecule has 1 amide bonds. The van der Waals surface area contributed by atoms with Crippen LogP contribution in [-0.2, 0) is 0 Å². The van der Waals surface area contributed by atoms with Crippen LogP contribution in [0.5, 0.6) is 0 Å². The smallest absolute Gasteiger partial charge is 0.256 e. The van der Waals surface area contributed by atoms with Gasteiger partial charge in [0.2, 0.25) is 0 Å². The lowest BCUT2D eigenvalue weighted by Crippen LogP contribution is -2.14. The zero-order valence-electron chi connectivity index (χ0n) is 15.8. The van der Waals surface area contributed by atoms with Crippen molar-refractivity contribution in [3.05, 3.63) is 80.6 Å². The Morgan fingerprint density at radius 3 is 2.57 bits per heavy atom. The lowest BCUT2D eigenvalue weighted by atomic mass is 10.0. The van der Waals surface area contributed by atoms with Crippen molar-refractivity contribution in [3.63, 3.8) is 0 Å². The molecule has 2 aromatic carbocycles. The molecule has 4 aromatic rings. The summed E-state index contributed by atoms with van der Waals surface area (Å²) < 4.78 is 0.934. The number of anilines is 1. The van der Waals surface area contributed by atoms with Gasteiger partial charge in [0, 0.05) is 15.5 Å². The van der Waals surface area contributed by atoms with Gasteiger partial charge >= 0.3 is 0 Å². The van der Waals surface area contributed by atoms with Crippen LogP contribution >= 0.6 is 27.3 Å². The molecule has 0 aliphatic rings. The van der Waals surface area contributed by atoms with E-state index in [1.807, 2.05) is 68.6 Å². The average Bonchev–Trinajstić information content (AvgIpc) is 3.18. The average molecular weight is 451 g/mol. The summed E-state index contributed by atoms with van der Waals surface area (Å²) in [7, 11) is 0. The summed E-state index contributed by atoms with van der Waals surface area (Å²) in [6, 6.07) is 15.9. The first-order chi connectivity index (χ1) is 13.4. The maximum absolute atomic E-state index is 13.3. The molecule has 140 valence electrons. The number of nitrogens with zero attached hydrogens (tertiary/aromatic N) is 1. The third-order valence-corrected chi connectivity index (χ3v) is 6.07. The van der Waals surface area contributed by atoms with Gasteiger partial charge < -0.3 is 5.32 Å². The lowest BCUT2D eigenvalue weighted by molar-refractivity contribution is 0.102. The van der Waals surface area contributed by atoms with Gasteiger partial charge in [-0.3, -0.25) is 4.79 Å². The molecule has 0 saturated carbocycles. The van der Waals surface area contributed by atoms with Crippen LogP contribution in [0, 0.1) is 20.8 Å². The van der Waals surface area contributed by atoms with E-state index in [4.69, 9.17) is 4.98 Å². The second kappa shape index (κ2) is 7.49. The van der Waals surface area contributed by atoms with E-state index in [9.17, 15) is 4.79 Å². The molecule has 2 aromatic heterocycles. The summed E-state index contributed by atoms with van der Waals surface area (Å²) in [5, 5.41) is 5.94. The molecular formula is C23H19BrN2OS. The van der Waals surface area contributed by atoms with Gasteiger partial charge in [0.05, 0.1) is 21.7 Å². The molecule has 0 aliphatic heterocycles. The highest BCUT2D eigenvalue weighted by atomic mass is 79.9. The number of aromatic nitrogens is 1. The maximum atomic E-state index is 13.3. The van der Waals surface area contributed by atoms with Crippen LogP contribution in [0.25, 0.3) is 21.5 Å². The molecule has 0 radical (unpaired) electrons. The minimum absolute atomic E-state index is 0.130. The number of rotatable bonds is 3. The number of thiophene rings is 1. The minimum Gasteiger partial charge on any atom is -0.322 e. The van der Waals surface area contributed by atoms with Crippen LogP contribution in [0.3, 0.4) is 0 Å². The summed E-state index contributed by atoms with van der Waals surface area (Å²) in [5.74, 6) is -0.130. The number of nitrogens with one attached hydrogen (secondary N) is 1. The van der Waals surface area contributed by atoms with E-state index in [1.165, 1.54) is 5.56 Å². The number of aryl methyl sites for hydroxylation is 3. The highest BCUT2D eigenvalue weighted by Gasteiger charge is 2.17. The van der Waals surface area contributed by atoms with Crippen LogP contribution < -0.4 is 5.32 Å². The Kier molecular flexibility index (Phi) is 5.04. The number of carbonyl (C=O) groups is 1. The second-order valence-corrected chi connectivity index (χ2v) is 8.79. The van der Waals surface area contributed by atoms with Gasteiger partial charge in [-0.1, -0.05) is 39.7 Å². The Balaban J connectivity index is 1.87. The zero-order chi connectivity index (χ0) is 19.8. The van der Waals surface area contributed by atoms with Crippen LogP contribution in [0.2, 0.25) is 0 Å². The molecule has 4 rings (SSSR count). The molecular weight excluding hydrogens is 432 g/mol. The SMILES string of the molecule is Cc1ccc(NC(=O)c2cc(-c3cccs3)nc3c(C)cc(Br)cc23)c(C)c1. The lowest BCUT2D eigenvalue weighted by Gasteiger charge is -2.13. The number of hydrogen-bond donors (Lipinski definition) is 1. The van der Waals surface area contributed by atoms with Crippen molar-refractivity contribution in [1.82, 2.24) is 4.98 Å². The second-order valence-electron chi connectivity index (χ2n) is 6.92. The van der Waals surface area contributed by atoms with E-state index < -0.39 is 0 Å². The Morgan fingerprint density at radius 2 is 1.86 bits per heavy atom. The fourth-order valence-corrected chi connectivity index (χ4v) is 4.60. The highest BCUT2D eigenvalue weighted by molar-refractivity contribution is 9.10. The molecule has 28 heavy (non-hydrogen) atoms. The standard InChI is InChI=1S/C23H19BrN2OS/c1-13-6-7-19(14(2)9-13)26-23(27)18-12-20(21-5-4-8-28-21)25-22-15(3)10-16(24)11-17(18)22/h4-12H,1-3H3,(H,26,27). The number of hydrogen-bond acceptors (Lipinski definition) is 3. The van der Waals surface area contributed by atoms with Crippen LogP contribution in [0.1, 0.15) is 27.0 Å². The zero-order valence-corrected chi connectivity index (χ0v) is 18.2. The van der Waals surface area contributed by atoms with Crippen molar-refractivity contribution in [2.45, 2.75) is 20.8 Å². The summed E-state index contributed by atoms with van der Waals surface area (Å²) in [5.41, 5.74) is 6.36. The van der Waals surface area contributed by atoms with Gasteiger partial charge in [-0.25, -0.2) is 4.98 Å². The Labute approximate surface area is 176 Å². The summed E-state index contributed by atoms with van der Waals surface area (Å²) >= 11 is 5.17. The van der Waals surface area contributed by atoms with Gasteiger partial charge in [-0.05, 0) is 67.6 Å². The molecule has 5 heteroatoms. The van der Waals surface area contributed by atoms with Gasteiger partial charge in [-0.2, -0.15) is 0 Å². The van der Waals surface area contributed by atoms with E-state index in [0.717, 1.165) is 42.8 Å². The first-order valence-electron chi connectivity index (χ1n) is 8.96. The Morgan fingerprint density at radius 1 is 1.04 bits per heavy atom. The van der Waals surface area contributed by atoms with E-state index in [1.54, 1.807) is 11.3 Å². The number of amides is 1. The molecule has 0 aliphatic carbocycles. The van der Waals surface area contributed by atoms with E-state index in [-0.39, 0.29) is 5.91 Å². The molecule has 1 N–H and O–H groups in total. The normalized spacial score (nSPS) is 11.0. The summed E-state index contributed by atoms with van der Waals surface area (Å²) in [6.07, 6.45) is 0. The van der Waals surface area contributed by atoms with Crippen molar-refractivity contribution in [2.75, 3.05) is 5.32 Å². The molecule has 3 nitrogen and oxygen atoms in total. The number of halogens is 1. The number of fused-ring (bicyclic) bond motifs is 1. The predicted octanol–water partition coefficient (Wildman–Crippen LogP) is 6.90. The Hall–Kier alpha value is -2.50. The van der Waals surface area contributed by atoms with Crippen LogP contribution in [0.4, 0.5) is 5.69 Å². The minimum atomic E-state index is -0.130. The van der Waals surface area contributed by atoms with Crippen molar-refractivity contribution in [2.24, 2.45) is 0 Å². The quantitative estimate of drug-likeness (QED) is 0.368. The van der Waals surface area contributed by atoms with Gasteiger partial charge in [0.25, 0.3) is 5.91 Å². The first-order valence-corrected chi connectivity index (χ1v) is 10.6. The van der Waals surface area contributed by atoms with E-state index in [0.29, 0.717) is 5.56 Å². The van der Waals surface area contributed by atoms with E-state index in [2.05, 4.69) is 27.3 Å². The van der Waals surface area contributed by atoms with Gasteiger partial charge in [0.1, 0.15) is 0 Å². The molecule has 0 atom stereocenters. The fourth-order valence-electron chi connectivity index (χ4n) is 3.34. The number of pyridine rings is 1. The molecule has 0 fully saturated rings. The molecule has 2 heterocycles. The molecule has 0 spiro atoms. The maximum Gasteiger partial charge on any atom is 0.256 e. The summed E-state index contributed by atoms with van der Waals surface area (Å²) in [6.45, 7) is 6.07.